The van der Waals surface area contributed by atoms with E-state index in [1.165, 1.54) is 18.3 Å². The molecule has 9 heteroatoms. The standard InChI is InChI=1S/C21H21ClN2O2.C6H4ClNO2/c1-15-5-2-9-19(23-15)20(25)24-18-8-4-11-21(26,14-18)12-10-16-6-3-7-17(22)13-16;7-4-1-2-5(6(9)10)8-3-4/h2-3,5-7,9,13,18,26H,4,8,11,14H2,1H3,(H,24,25);1-3H,(H,9,10)/t18-,21+;/m1./s1. The Bertz CT molecular complexity index is 1290. The summed E-state index contributed by atoms with van der Waals surface area (Å²) in [7, 11) is 0. The van der Waals surface area contributed by atoms with E-state index in [4.69, 9.17) is 28.3 Å². The molecular weight excluding hydrogens is 501 g/mol. The van der Waals surface area contributed by atoms with E-state index in [0.29, 0.717) is 28.6 Å². The van der Waals surface area contributed by atoms with E-state index in [0.717, 1.165) is 24.1 Å². The first-order chi connectivity index (χ1) is 17.1. The number of aryl methyl sites for hydroxylation is 1. The Morgan fingerprint density at radius 1 is 1.08 bits per heavy atom. The molecule has 4 rings (SSSR count). The fourth-order valence-electron chi connectivity index (χ4n) is 3.68. The number of amides is 1. The number of rotatable bonds is 3. The van der Waals surface area contributed by atoms with Crippen LogP contribution in [0.25, 0.3) is 0 Å². The first kappa shape index (κ1) is 27.2. The first-order valence-corrected chi connectivity index (χ1v) is 12.0. The van der Waals surface area contributed by atoms with Gasteiger partial charge in [-0.15, -0.1) is 0 Å². The molecule has 3 aromatic rings. The van der Waals surface area contributed by atoms with E-state index in [-0.39, 0.29) is 17.6 Å². The number of hydrogen-bond donors (Lipinski definition) is 3. The van der Waals surface area contributed by atoms with E-state index in [1.807, 2.05) is 31.2 Å². The van der Waals surface area contributed by atoms with Gasteiger partial charge < -0.3 is 15.5 Å². The number of hydrogen-bond acceptors (Lipinski definition) is 5. The zero-order chi connectivity index (χ0) is 26.1. The molecule has 0 saturated heterocycles. The molecule has 1 aromatic carbocycles. The number of carboxylic acid groups (broad SMARTS) is 1. The largest absolute Gasteiger partial charge is 0.477 e. The van der Waals surface area contributed by atoms with Gasteiger partial charge in [0, 0.05) is 34.9 Å². The summed E-state index contributed by atoms with van der Waals surface area (Å²) < 4.78 is 0. The Morgan fingerprint density at radius 2 is 1.86 bits per heavy atom. The number of pyridine rings is 2. The van der Waals surface area contributed by atoms with Gasteiger partial charge in [-0.05, 0) is 68.7 Å². The van der Waals surface area contributed by atoms with Crippen LogP contribution in [0.3, 0.4) is 0 Å². The Kier molecular flexibility index (Phi) is 9.43. The molecule has 1 fully saturated rings. The number of carbonyl (C=O) groups excluding carboxylic acids is 1. The van der Waals surface area contributed by atoms with Crippen molar-refractivity contribution in [1.82, 2.24) is 15.3 Å². The van der Waals surface area contributed by atoms with Crippen LogP contribution in [0, 0.1) is 18.8 Å². The van der Waals surface area contributed by atoms with Gasteiger partial charge in [0.15, 0.2) is 0 Å². The fraction of sp³-hybridized carbons (Fsp3) is 0.259. The third-order valence-electron chi connectivity index (χ3n) is 5.39. The van der Waals surface area contributed by atoms with Crippen molar-refractivity contribution in [2.75, 3.05) is 0 Å². The van der Waals surface area contributed by atoms with Crippen LogP contribution in [0.2, 0.25) is 10.0 Å². The van der Waals surface area contributed by atoms with E-state index in [2.05, 4.69) is 27.1 Å². The number of halogens is 2. The summed E-state index contributed by atoms with van der Waals surface area (Å²) in [6.07, 6.45) is 3.91. The van der Waals surface area contributed by atoms with Crippen molar-refractivity contribution >= 4 is 35.1 Å². The molecule has 3 N–H and O–H groups in total. The maximum Gasteiger partial charge on any atom is 0.354 e. The second-order valence-electron chi connectivity index (χ2n) is 8.39. The molecule has 1 aliphatic carbocycles. The van der Waals surface area contributed by atoms with Gasteiger partial charge in [0.25, 0.3) is 5.91 Å². The molecule has 0 radical (unpaired) electrons. The van der Waals surface area contributed by atoms with Gasteiger partial charge in [-0.3, -0.25) is 4.79 Å². The second-order valence-corrected chi connectivity index (χ2v) is 9.26. The third-order valence-corrected chi connectivity index (χ3v) is 5.85. The fourth-order valence-corrected chi connectivity index (χ4v) is 3.98. The number of nitrogens with one attached hydrogen (secondary N) is 1. The minimum Gasteiger partial charge on any atom is -0.477 e. The van der Waals surface area contributed by atoms with Gasteiger partial charge in [0.1, 0.15) is 17.0 Å². The molecule has 7 nitrogen and oxygen atoms in total. The van der Waals surface area contributed by atoms with Crippen LogP contribution in [0.1, 0.15) is 57.9 Å². The van der Waals surface area contributed by atoms with Crippen LogP contribution in [-0.4, -0.2) is 43.7 Å². The number of aromatic carboxylic acids is 1. The number of aromatic nitrogens is 2. The first-order valence-electron chi connectivity index (χ1n) is 11.2. The van der Waals surface area contributed by atoms with Crippen molar-refractivity contribution in [2.24, 2.45) is 0 Å². The van der Waals surface area contributed by atoms with E-state index in [1.54, 1.807) is 18.2 Å². The van der Waals surface area contributed by atoms with Gasteiger partial charge in [0.05, 0.1) is 5.02 Å². The monoisotopic (exact) mass is 525 g/mol. The molecular formula is C27H25Cl2N3O4. The predicted octanol–water partition coefficient (Wildman–Crippen LogP) is 4.93. The summed E-state index contributed by atoms with van der Waals surface area (Å²) in [5, 5.41) is 23.2. The van der Waals surface area contributed by atoms with Crippen LogP contribution in [-0.2, 0) is 0 Å². The zero-order valence-corrected chi connectivity index (χ0v) is 21.1. The summed E-state index contributed by atoms with van der Waals surface area (Å²) in [5.74, 6) is 4.71. The topological polar surface area (TPSA) is 112 Å². The van der Waals surface area contributed by atoms with Crippen LogP contribution in [0.15, 0.2) is 60.8 Å². The van der Waals surface area contributed by atoms with Crippen LogP contribution >= 0.6 is 23.2 Å². The lowest BCUT2D eigenvalue weighted by Gasteiger charge is -2.33. The SMILES string of the molecule is Cc1cccc(C(=O)N[C@@H]2CCC[C@](O)(C#Cc3cccc(Cl)c3)C2)n1.O=C(O)c1ccc(Cl)cn1. The summed E-state index contributed by atoms with van der Waals surface area (Å²) in [4.78, 5) is 30.4. The van der Waals surface area contributed by atoms with Gasteiger partial charge in [-0.1, -0.05) is 47.2 Å². The molecule has 1 saturated carbocycles. The Labute approximate surface area is 219 Å². The molecule has 186 valence electrons. The molecule has 1 amide bonds. The highest BCUT2D eigenvalue weighted by molar-refractivity contribution is 6.30. The molecule has 0 unspecified atom stereocenters. The van der Waals surface area contributed by atoms with Gasteiger partial charge in [-0.2, -0.15) is 0 Å². The Morgan fingerprint density at radius 3 is 2.53 bits per heavy atom. The van der Waals surface area contributed by atoms with Crippen molar-refractivity contribution in [2.45, 2.75) is 44.2 Å². The lowest BCUT2D eigenvalue weighted by atomic mass is 9.82. The second kappa shape index (κ2) is 12.5. The van der Waals surface area contributed by atoms with Gasteiger partial charge in [0.2, 0.25) is 0 Å². The normalized spacial score (nSPS) is 18.6. The predicted molar refractivity (Wildman–Crippen MR) is 138 cm³/mol. The Balaban J connectivity index is 0.000000303. The zero-order valence-electron chi connectivity index (χ0n) is 19.5. The highest BCUT2D eigenvalue weighted by atomic mass is 35.5. The summed E-state index contributed by atoms with van der Waals surface area (Å²) in [6.45, 7) is 1.85. The molecule has 2 atom stereocenters. The third kappa shape index (κ3) is 8.35. The van der Waals surface area contributed by atoms with Crippen molar-refractivity contribution < 1.29 is 19.8 Å². The van der Waals surface area contributed by atoms with Crippen LogP contribution in [0.5, 0.6) is 0 Å². The van der Waals surface area contributed by atoms with Gasteiger partial charge in [-0.25, -0.2) is 14.8 Å². The summed E-state index contributed by atoms with van der Waals surface area (Å²) >= 11 is 11.4. The number of carboxylic acids is 1. The van der Waals surface area contributed by atoms with Crippen molar-refractivity contribution in [3.8, 4) is 11.8 Å². The lowest BCUT2D eigenvalue weighted by molar-refractivity contribution is 0.0451. The molecule has 36 heavy (non-hydrogen) atoms. The minimum atomic E-state index is -1.11. The van der Waals surface area contributed by atoms with Gasteiger partial charge >= 0.3 is 5.97 Å². The highest BCUT2D eigenvalue weighted by Gasteiger charge is 2.33. The quantitative estimate of drug-likeness (QED) is 0.417. The average Bonchev–Trinajstić information content (AvgIpc) is 2.84. The smallest absolute Gasteiger partial charge is 0.354 e. The van der Waals surface area contributed by atoms with E-state index in [9.17, 15) is 14.7 Å². The van der Waals surface area contributed by atoms with E-state index < -0.39 is 11.6 Å². The van der Waals surface area contributed by atoms with Crippen molar-refractivity contribution in [3.05, 3.63) is 93.5 Å². The maximum atomic E-state index is 12.4. The van der Waals surface area contributed by atoms with Crippen LogP contribution in [0.4, 0.5) is 0 Å². The molecule has 2 heterocycles. The number of benzene rings is 1. The molecule has 0 spiro atoms. The van der Waals surface area contributed by atoms with E-state index >= 15 is 0 Å². The molecule has 2 aromatic heterocycles. The van der Waals surface area contributed by atoms with Crippen molar-refractivity contribution in [3.63, 3.8) is 0 Å². The summed E-state index contributed by atoms with van der Waals surface area (Å²) in [5.41, 5.74) is 0.846. The molecule has 1 aliphatic rings. The minimum absolute atomic E-state index is 0.00407. The number of nitrogens with zero attached hydrogens (tertiary/aromatic N) is 2. The lowest BCUT2D eigenvalue weighted by Crippen LogP contribution is -2.45. The van der Waals surface area contributed by atoms with Crippen molar-refractivity contribution in [1.29, 1.82) is 0 Å². The highest BCUT2D eigenvalue weighted by Crippen LogP contribution is 2.28. The summed E-state index contributed by atoms with van der Waals surface area (Å²) in [6, 6.07) is 15.3. The Hall–Kier alpha value is -3.44. The van der Waals surface area contributed by atoms with Crippen LogP contribution < -0.4 is 5.32 Å². The number of carbonyl (C=O) groups is 2. The average molecular weight is 526 g/mol. The molecule has 0 bridgehead atoms. The number of aliphatic hydroxyl groups is 1. The molecule has 0 aliphatic heterocycles. The maximum absolute atomic E-state index is 12.4.